The number of thioether (sulfide) groups is 1. The van der Waals surface area contributed by atoms with Crippen LogP contribution in [0.2, 0.25) is 0 Å². The average molecular weight is 401 g/mol. The third-order valence-corrected chi connectivity index (χ3v) is 6.04. The van der Waals surface area contributed by atoms with Gasteiger partial charge in [-0.15, -0.1) is 11.8 Å². The molecule has 28 heavy (non-hydrogen) atoms. The number of likely N-dealkylation sites (tertiary alicyclic amines) is 1. The Labute approximate surface area is 169 Å². The van der Waals surface area contributed by atoms with Gasteiger partial charge < -0.3 is 10.2 Å². The summed E-state index contributed by atoms with van der Waals surface area (Å²) in [5, 5.41) is 2.90. The minimum Gasteiger partial charge on any atom is -0.351 e. The predicted octanol–water partition coefficient (Wildman–Crippen LogP) is 3.86. The van der Waals surface area contributed by atoms with E-state index in [1.54, 1.807) is 17.0 Å². The lowest BCUT2D eigenvalue weighted by molar-refractivity contribution is -0.139. The van der Waals surface area contributed by atoms with E-state index in [9.17, 15) is 14.0 Å². The van der Waals surface area contributed by atoms with Gasteiger partial charge in [0.05, 0.1) is 11.2 Å². The quantitative estimate of drug-likeness (QED) is 0.749. The number of carbonyl (C=O) groups excluding carboxylic acids is 2. The lowest BCUT2D eigenvalue weighted by Crippen LogP contribution is -2.52. The van der Waals surface area contributed by atoms with Gasteiger partial charge >= 0.3 is 0 Å². The summed E-state index contributed by atoms with van der Waals surface area (Å²) in [6.45, 7) is 3.28. The zero-order chi connectivity index (χ0) is 20.0. The number of halogens is 1. The Balaban J connectivity index is 1.54. The molecule has 0 aliphatic carbocycles. The van der Waals surface area contributed by atoms with E-state index in [2.05, 4.69) is 5.32 Å². The van der Waals surface area contributed by atoms with Gasteiger partial charge in [-0.25, -0.2) is 4.39 Å². The van der Waals surface area contributed by atoms with Crippen molar-refractivity contribution in [1.82, 2.24) is 10.2 Å². The molecule has 1 N–H and O–H groups in total. The van der Waals surface area contributed by atoms with Crippen molar-refractivity contribution >= 4 is 23.6 Å². The highest BCUT2D eigenvalue weighted by Gasteiger charge is 2.39. The van der Waals surface area contributed by atoms with Crippen LogP contribution in [0.5, 0.6) is 0 Å². The Kier molecular flexibility index (Phi) is 6.73. The third-order valence-electron chi connectivity index (χ3n) is 5.04. The minimum absolute atomic E-state index is 0.0534. The molecule has 2 aromatic carbocycles. The highest BCUT2D eigenvalue weighted by Crippen LogP contribution is 2.30. The molecule has 1 heterocycles. The molecule has 4 nitrogen and oxygen atoms in total. The summed E-state index contributed by atoms with van der Waals surface area (Å²) in [5.41, 5.74) is 0.0958. The van der Waals surface area contributed by atoms with Gasteiger partial charge in [-0.1, -0.05) is 30.3 Å². The molecule has 148 valence electrons. The Hall–Kier alpha value is -2.34. The van der Waals surface area contributed by atoms with Crippen LogP contribution in [0.4, 0.5) is 4.39 Å². The standard InChI is InChI=1S/C22H25FN2O2S/c1-22(21(27)24-14-17-7-5-8-18(23)13-17)11-6-12-25(16-22)20(26)15-28-19-9-3-2-4-10-19/h2-5,7-10,13H,6,11-12,14-16H2,1H3,(H,24,27). The molecule has 0 saturated carbocycles. The number of benzene rings is 2. The molecule has 2 amide bonds. The van der Waals surface area contributed by atoms with E-state index in [4.69, 9.17) is 0 Å². The summed E-state index contributed by atoms with van der Waals surface area (Å²) >= 11 is 1.51. The van der Waals surface area contributed by atoms with Crippen molar-refractivity contribution in [2.45, 2.75) is 31.2 Å². The Morgan fingerprint density at radius 1 is 1.18 bits per heavy atom. The SMILES string of the molecule is CC1(C(=O)NCc2cccc(F)c2)CCCN(C(=O)CSc2ccccc2)C1. The first-order chi connectivity index (χ1) is 13.5. The van der Waals surface area contributed by atoms with Gasteiger partial charge in [0, 0.05) is 24.5 Å². The molecule has 1 fully saturated rings. The van der Waals surface area contributed by atoms with Crippen molar-refractivity contribution in [3.8, 4) is 0 Å². The van der Waals surface area contributed by atoms with Crippen molar-refractivity contribution in [2.75, 3.05) is 18.8 Å². The number of amides is 2. The number of rotatable bonds is 6. The fraction of sp³-hybridized carbons (Fsp3) is 0.364. The van der Waals surface area contributed by atoms with Crippen LogP contribution in [0.15, 0.2) is 59.5 Å². The first kappa shape index (κ1) is 20.4. The van der Waals surface area contributed by atoms with E-state index in [1.165, 1.54) is 23.9 Å². The van der Waals surface area contributed by atoms with Gasteiger partial charge in [0.25, 0.3) is 0 Å². The van der Waals surface area contributed by atoms with E-state index < -0.39 is 5.41 Å². The maximum absolute atomic E-state index is 13.3. The summed E-state index contributed by atoms with van der Waals surface area (Å²) in [5.74, 6) is 0.0105. The van der Waals surface area contributed by atoms with Crippen LogP contribution >= 0.6 is 11.8 Å². The number of nitrogens with zero attached hydrogens (tertiary/aromatic N) is 1. The summed E-state index contributed by atoms with van der Waals surface area (Å²) in [6.07, 6.45) is 1.53. The second kappa shape index (κ2) is 9.24. The number of hydrogen-bond acceptors (Lipinski definition) is 3. The molecule has 2 aromatic rings. The molecule has 0 aromatic heterocycles. The monoisotopic (exact) mass is 400 g/mol. The third kappa shape index (κ3) is 5.35. The number of carbonyl (C=O) groups is 2. The smallest absolute Gasteiger partial charge is 0.232 e. The van der Waals surface area contributed by atoms with Crippen LogP contribution in [-0.2, 0) is 16.1 Å². The number of piperidine rings is 1. The lowest BCUT2D eigenvalue weighted by atomic mass is 9.81. The van der Waals surface area contributed by atoms with E-state index >= 15 is 0 Å². The van der Waals surface area contributed by atoms with Crippen LogP contribution in [0.25, 0.3) is 0 Å². The number of hydrogen-bond donors (Lipinski definition) is 1. The largest absolute Gasteiger partial charge is 0.351 e. The molecule has 1 aliphatic rings. The van der Waals surface area contributed by atoms with Gasteiger partial charge in [0.2, 0.25) is 11.8 Å². The van der Waals surface area contributed by atoms with E-state index in [0.717, 1.165) is 23.3 Å². The Morgan fingerprint density at radius 3 is 2.71 bits per heavy atom. The minimum atomic E-state index is -0.626. The highest BCUT2D eigenvalue weighted by atomic mass is 32.2. The zero-order valence-corrected chi connectivity index (χ0v) is 16.8. The Bertz CT molecular complexity index is 830. The van der Waals surface area contributed by atoms with Crippen LogP contribution in [0, 0.1) is 11.2 Å². The van der Waals surface area contributed by atoms with Gasteiger partial charge in [-0.3, -0.25) is 9.59 Å². The maximum Gasteiger partial charge on any atom is 0.232 e. The van der Waals surface area contributed by atoms with Crippen molar-refractivity contribution in [3.63, 3.8) is 0 Å². The predicted molar refractivity (Wildman–Crippen MR) is 109 cm³/mol. The second-order valence-electron chi connectivity index (χ2n) is 7.39. The molecular formula is C22H25FN2O2S. The van der Waals surface area contributed by atoms with E-state index in [-0.39, 0.29) is 24.2 Å². The molecule has 0 spiro atoms. The van der Waals surface area contributed by atoms with Crippen molar-refractivity contribution in [1.29, 1.82) is 0 Å². The van der Waals surface area contributed by atoms with Crippen molar-refractivity contribution in [2.24, 2.45) is 5.41 Å². The van der Waals surface area contributed by atoms with Crippen molar-refractivity contribution in [3.05, 3.63) is 66.0 Å². The van der Waals surface area contributed by atoms with Crippen LogP contribution < -0.4 is 5.32 Å². The van der Waals surface area contributed by atoms with Crippen LogP contribution in [0.1, 0.15) is 25.3 Å². The maximum atomic E-state index is 13.3. The molecule has 1 unspecified atom stereocenters. The summed E-state index contributed by atoms with van der Waals surface area (Å²) < 4.78 is 13.3. The molecule has 6 heteroatoms. The molecule has 3 rings (SSSR count). The molecule has 1 saturated heterocycles. The van der Waals surface area contributed by atoms with Crippen LogP contribution in [-0.4, -0.2) is 35.6 Å². The first-order valence-electron chi connectivity index (χ1n) is 9.45. The normalized spacial score (nSPS) is 19.3. The summed E-state index contributed by atoms with van der Waals surface area (Å²) in [4.78, 5) is 28.3. The Morgan fingerprint density at radius 2 is 1.96 bits per heavy atom. The molecule has 0 radical (unpaired) electrons. The first-order valence-corrected chi connectivity index (χ1v) is 10.4. The molecule has 0 bridgehead atoms. The van der Waals surface area contributed by atoms with Gasteiger partial charge in [-0.05, 0) is 49.6 Å². The van der Waals surface area contributed by atoms with Gasteiger partial charge in [-0.2, -0.15) is 0 Å². The van der Waals surface area contributed by atoms with Gasteiger partial charge in [0.15, 0.2) is 0 Å². The molecular weight excluding hydrogens is 375 g/mol. The van der Waals surface area contributed by atoms with Crippen molar-refractivity contribution < 1.29 is 14.0 Å². The second-order valence-corrected chi connectivity index (χ2v) is 8.44. The van der Waals surface area contributed by atoms with E-state index in [1.807, 2.05) is 37.3 Å². The molecule has 1 atom stereocenters. The van der Waals surface area contributed by atoms with Gasteiger partial charge in [0.1, 0.15) is 5.82 Å². The van der Waals surface area contributed by atoms with E-state index in [0.29, 0.717) is 18.8 Å². The van der Waals surface area contributed by atoms with Crippen LogP contribution in [0.3, 0.4) is 0 Å². The number of nitrogens with one attached hydrogen (secondary N) is 1. The molecule has 1 aliphatic heterocycles. The topological polar surface area (TPSA) is 49.4 Å². The lowest BCUT2D eigenvalue weighted by Gasteiger charge is -2.39. The fourth-order valence-corrected chi connectivity index (χ4v) is 4.26. The summed E-state index contributed by atoms with van der Waals surface area (Å²) in [6, 6.07) is 16.0. The zero-order valence-electron chi connectivity index (χ0n) is 16.0. The highest BCUT2D eigenvalue weighted by molar-refractivity contribution is 8.00. The average Bonchev–Trinajstić information content (AvgIpc) is 2.71. The fourth-order valence-electron chi connectivity index (χ4n) is 3.43. The summed E-state index contributed by atoms with van der Waals surface area (Å²) in [7, 11) is 0.